The molecule has 0 aliphatic carbocycles. The zero-order valence-corrected chi connectivity index (χ0v) is 13.8. The van der Waals surface area contributed by atoms with E-state index in [1.807, 2.05) is 36.4 Å². The molecule has 0 radical (unpaired) electrons. The lowest BCUT2D eigenvalue weighted by Crippen LogP contribution is -2.14. The molecule has 0 amide bonds. The van der Waals surface area contributed by atoms with Crippen molar-refractivity contribution in [2.24, 2.45) is 0 Å². The predicted octanol–water partition coefficient (Wildman–Crippen LogP) is 4.10. The van der Waals surface area contributed by atoms with Gasteiger partial charge in [-0.3, -0.25) is 0 Å². The molecule has 3 aromatic rings. The standard InChI is InChI=1S/C17H16BrN3O/c1-12-5-2-3-6-14(12)10-19-11-16-20-17(22-21-16)13-7-4-8-15(18)9-13/h2-9,19H,10-11H2,1H3. The summed E-state index contributed by atoms with van der Waals surface area (Å²) in [6.45, 7) is 3.47. The van der Waals surface area contributed by atoms with Crippen molar-refractivity contribution < 1.29 is 4.52 Å². The molecule has 5 heteroatoms. The maximum absolute atomic E-state index is 5.31. The number of hydrogen-bond donors (Lipinski definition) is 1. The Bertz CT molecular complexity index is 770. The van der Waals surface area contributed by atoms with Gasteiger partial charge in [-0.15, -0.1) is 0 Å². The van der Waals surface area contributed by atoms with Crippen LogP contribution in [0.5, 0.6) is 0 Å². The third-order valence-corrected chi connectivity index (χ3v) is 3.89. The van der Waals surface area contributed by atoms with E-state index in [0.29, 0.717) is 18.3 Å². The van der Waals surface area contributed by atoms with Crippen LogP contribution in [-0.4, -0.2) is 10.1 Å². The van der Waals surface area contributed by atoms with E-state index < -0.39 is 0 Å². The fourth-order valence-corrected chi connectivity index (χ4v) is 2.58. The van der Waals surface area contributed by atoms with Crippen molar-refractivity contribution in [2.45, 2.75) is 20.0 Å². The van der Waals surface area contributed by atoms with Crippen molar-refractivity contribution in [1.82, 2.24) is 15.5 Å². The lowest BCUT2D eigenvalue weighted by atomic mass is 10.1. The van der Waals surface area contributed by atoms with Crippen LogP contribution in [0.3, 0.4) is 0 Å². The van der Waals surface area contributed by atoms with Gasteiger partial charge in [-0.05, 0) is 36.2 Å². The predicted molar refractivity (Wildman–Crippen MR) is 89.2 cm³/mol. The maximum atomic E-state index is 5.31. The van der Waals surface area contributed by atoms with Gasteiger partial charge in [0.1, 0.15) is 0 Å². The van der Waals surface area contributed by atoms with Gasteiger partial charge >= 0.3 is 0 Å². The molecule has 4 nitrogen and oxygen atoms in total. The third kappa shape index (κ3) is 3.61. The van der Waals surface area contributed by atoms with E-state index in [1.54, 1.807) is 0 Å². The molecule has 3 rings (SSSR count). The van der Waals surface area contributed by atoms with Gasteiger partial charge in [-0.25, -0.2) is 0 Å². The van der Waals surface area contributed by atoms with Crippen molar-refractivity contribution >= 4 is 15.9 Å². The summed E-state index contributed by atoms with van der Waals surface area (Å²) < 4.78 is 6.30. The number of rotatable bonds is 5. The van der Waals surface area contributed by atoms with Crippen molar-refractivity contribution in [3.8, 4) is 11.5 Å². The second kappa shape index (κ2) is 6.85. The van der Waals surface area contributed by atoms with Gasteiger partial charge in [0.2, 0.25) is 0 Å². The largest absolute Gasteiger partial charge is 0.334 e. The van der Waals surface area contributed by atoms with Crippen molar-refractivity contribution in [3.05, 3.63) is 70.0 Å². The summed E-state index contributed by atoms with van der Waals surface area (Å²) in [5.41, 5.74) is 3.46. The number of benzene rings is 2. The molecule has 0 bridgehead atoms. The van der Waals surface area contributed by atoms with Crippen molar-refractivity contribution in [3.63, 3.8) is 0 Å². The average molecular weight is 358 g/mol. The molecule has 0 unspecified atom stereocenters. The van der Waals surface area contributed by atoms with Crippen molar-refractivity contribution in [2.75, 3.05) is 0 Å². The number of aromatic nitrogens is 2. The topological polar surface area (TPSA) is 51.0 Å². The molecule has 1 aromatic heterocycles. The van der Waals surface area contributed by atoms with E-state index in [-0.39, 0.29) is 0 Å². The number of nitrogens with one attached hydrogen (secondary N) is 1. The minimum Gasteiger partial charge on any atom is -0.334 e. The first kappa shape index (κ1) is 14.9. The summed E-state index contributed by atoms with van der Waals surface area (Å²) in [7, 11) is 0. The monoisotopic (exact) mass is 357 g/mol. The summed E-state index contributed by atoms with van der Waals surface area (Å²) >= 11 is 3.44. The molecule has 0 aliphatic rings. The van der Waals surface area contributed by atoms with Gasteiger partial charge in [-0.1, -0.05) is 51.4 Å². The second-order valence-electron chi connectivity index (χ2n) is 5.06. The van der Waals surface area contributed by atoms with E-state index in [4.69, 9.17) is 4.52 Å². The zero-order chi connectivity index (χ0) is 15.4. The highest BCUT2D eigenvalue weighted by Gasteiger charge is 2.08. The second-order valence-corrected chi connectivity index (χ2v) is 5.97. The first-order valence-corrected chi connectivity index (χ1v) is 7.85. The molecule has 0 saturated carbocycles. The molecule has 0 atom stereocenters. The first-order chi connectivity index (χ1) is 10.7. The normalized spacial score (nSPS) is 10.8. The number of halogens is 1. The Morgan fingerprint density at radius 1 is 1.09 bits per heavy atom. The van der Waals surface area contributed by atoms with Gasteiger partial charge in [0.05, 0.1) is 6.54 Å². The van der Waals surface area contributed by atoms with Gasteiger partial charge in [0, 0.05) is 16.6 Å². The summed E-state index contributed by atoms with van der Waals surface area (Å²) in [6.07, 6.45) is 0. The van der Waals surface area contributed by atoms with Gasteiger partial charge in [0.15, 0.2) is 5.82 Å². The van der Waals surface area contributed by atoms with Crippen LogP contribution in [0.15, 0.2) is 57.5 Å². The summed E-state index contributed by atoms with van der Waals surface area (Å²) in [5.74, 6) is 1.19. The zero-order valence-electron chi connectivity index (χ0n) is 12.2. The first-order valence-electron chi connectivity index (χ1n) is 7.06. The van der Waals surface area contributed by atoms with Gasteiger partial charge in [0.25, 0.3) is 5.89 Å². The van der Waals surface area contributed by atoms with Crippen LogP contribution in [-0.2, 0) is 13.1 Å². The summed E-state index contributed by atoms with van der Waals surface area (Å²) in [5, 5.41) is 7.35. The summed E-state index contributed by atoms with van der Waals surface area (Å²) in [4.78, 5) is 4.41. The molecule has 0 saturated heterocycles. The minimum absolute atomic E-state index is 0.536. The van der Waals surface area contributed by atoms with Crippen LogP contribution in [0.2, 0.25) is 0 Å². The highest BCUT2D eigenvalue weighted by Crippen LogP contribution is 2.21. The highest BCUT2D eigenvalue weighted by atomic mass is 79.9. The fraction of sp³-hybridized carbons (Fsp3) is 0.176. The SMILES string of the molecule is Cc1ccccc1CNCc1noc(-c2cccc(Br)c2)n1. The lowest BCUT2D eigenvalue weighted by molar-refractivity contribution is 0.419. The van der Waals surface area contributed by atoms with Gasteiger partial charge in [-0.2, -0.15) is 4.98 Å². The van der Waals surface area contributed by atoms with Crippen LogP contribution in [0.4, 0.5) is 0 Å². The van der Waals surface area contributed by atoms with Crippen LogP contribution >= 0.6 is 15.9 Å². The van der Waals surface area contributed by atoms with Crippen LogP contribution < -0.4 is 5.32 Å². The van der Waals surface area contributed by atoms with E-state index in [0.717, 1.165) is 16.6 Å². The number of aryl methyl sites for hydroxylation is 1. The van der Waals surface area contributed by atoms with E-state index in [9.17, 15) is 0 Å². The van der Waals surface area contributed by atoms with E-state index >= 15 is 0 Å². The van der Waals surface area contributed by atoms with Gasteiger partial charge < -0.3 is 9.84 Å². The average Bonchev–Trinajstić information content (AvgIpc) is 2.98. The number of hydrogen-bond acceptors (Lipinski definition) is 4. The molecule has 1 heterocycles. The highest BCUT2D eigenvalue weighted by molar-refractivity contribution is 9.10. The minimum atomic E-state index is 0.536. The van der Waals surface area contributed by atoms with Crippen LogP contribution in [0.1, 0.15) is 17.0 Å². The summed E-state index contributed by atoms with van der Waals surface area (Å²) in [6, 6.07) is 16.1. The molecule has 0 fully saturated rings. The molecule has 0 spiro atoms. The smallest absolute Gasteiger partial charge is 0.258 e. The molecule has 2 aromatic carbocycles. The Morgan fingerprint density at radius 3 is 2.77 bits per heavy atom. The Balaban J connectivity index is 1.62. The van der Waals surface area contributed by atoms with E-state index in [1.165, 1.54) is 11.1 Å². The van der Waals surface area contributed by atoms with Crippen LogP contribution in [0.25, 0.3) is 11.5 Å². The quantitative estimate of drug-likeness (QED) is 0.746. The fourth-order valence-electron chi connectivity index (χ4n) is 2.18. The molecular formula is C17H16BrN3O. The Labute approximate surface area is 137 Å². The van der Waals surface area contributed by atoms with E-state index in [2.05, 4.69) is 50.4 Å². The Hall–Kier alpha value is -1.98. The molecule has 0 aliphatic heterocycles. The Morgan fingerprint density at radius 2 is 1.95 bits per heavy atom. The molecule has 112 valence electrons. The maximum Gasteiger partial charge on any atom is 0.258 e. The molecule has 1 N–H and O–H groups in total. The molecular weight excluding hydrogens is 342 g/mol. The molecule has 22 heavy (non-hydrogen) atoms. The number of nitrogens with zero attached hydrogens (tertiary/aromatic N) is 2. The third-order valence-electron chi connectivity index (χ3n) is 3.40. The Kier molecular flexibility index (Phi) is 4.65. The lowest BCUT2D eigenvalue weighted by Gasteiger charge is -2.05. The van der Waals surface area contributed by atoms with Crippen molar-refractivity contribution in [1.29, 1.82) is 0 Å². The van der Waals surface area contributed by atoms with Crippen LogP contribution in [0, 0.1) is 6.92 Å².